The van der Waals surface area contributed by atoms with Gasteiger partial charge in [0, 0.05) is 30.0 Å². The standard InChI is InChI=1S/C19H14F3N3/c20-11-4-6-12(7-5-11)24-16-8-17(25-18-10-23-9-13(16)18)19-14(21)2-1-3-15(19)22/h1-8,23H,9-10H2,(H,24,25). The molecule has 0 amide bonds. The van der Waals surface area contributed by atoms with Gasteiger partial charge in [0.25, 0.3) is 0 Å². The first-order valence-electron chi connectivity index (χ1n) is 7.82. The topological polar surface area (TPSA) is 37.0 Å². The normalized spacial score (nSPS) is 12.9. The van der Waals surface area contributed by atoms with Crippen molar-refractivity contribution in [2.75, 3.05) is 5.32 Å². The smallest absolute Gasteiger partial charge is 0.135 e. The Bertz CT molecular complexity index is 919. The molecule has 0 saturated heterocycles. The maximum atomic E-state index is 14.1. The number of aromatic nitrogens is 1. The van der Waals surface area contributed by atoms with Crippen LogP contribution in [0.4, 0.5) is 24.5 Å². The molecule has 0 aliphatic carbocycles. The number of hydrogen-bond acceptors (Lipinski definition) is 3. The van der Waals surface area contributed by atoms with Crippen LogP contribution in [0.2, 0.25) is 0 Å². The molecule has 0 unspecified atom stereocenters. The molecule has 1 aliphatic rings. The first-order chi connectivity index (χ1) is 12.1. The van der Waals surface area contributed by atoms with E-state index in [1.807, 2.05) is 0 Å². The molecule has 0 bridgehead atoms. The zero-order chi connectivity index (χ0) is 17.4. The van der Waals surface area contributed by atoms with Crippen molar-refractivity contribution in [3.8, 4) is 11.3 Å². The van der Waals surface area contributed by atoms with Crippen molar-refractivity contribution in [3.63, 3.8) is 0 Å². The number of anilines is 2. The average molecular weight is 341 g/mol. The van der Waals surface area contributed by atoms with E-state index >= 15 is 0 Å². The van der Waals surface area contributed by atoms with Gasteiger partial charge in [-0.25, -0.2) is 13.2 Å². The Morgan fingerprint density at radius 3 is 2.36 bits per heavy atom. The van der Waals surface area contributed by atoms with Crippen molar-refractivity contribution in [1.82, 2.24) is 10.3 Å². The summed E-state index contributed by atoms with van der Waals surface area (Å²) >= 11 is 0. The lowest BCUT2D eigenvalue weighted by atomic mass is 10.1. The molecule has 2 aromatic carbocycles. The molecule has 0 radical (unpaired) electrons. The average Bonchev–Trinajstić information content (AvgIpc) is 3.06. The van der Waals surface area contributed by atoms with Crippen LogP contribution >= 0.6 is 0 Å². The summed E-state index contributed by atoms with van der Waals surface area (Å²) in [7, 11) is 0. The zero-order valence-corrected chi connectivity index (χ0v) is 13.1. The minimum absolute atomic E-state index is 0.153. The fourth-order valence-electron chi connectivity index (χ4n) is 2.94. The van der Waals surface area contributed by atoms with Gasteiger partial charge in [0.1, 0.15) is 17.5 Å². The third-order valence-electron chi connectivity index (χ3n) is 4.15. The first-order valence-corrected chi connectivity index (χ1v) is 7.82. The van der Waals surface area contributed by atoms with Gasteiger partial charge in [-0.2, -0.15) is 0 Å². The van der Waals surface area contributed by atoms with Crippen LogP contribution in [0, 0.1) is 17.5 Å². The Hall–Kier alpha value is -2.86. The predicted octanol–water partition coefficient (Wildman–Crippen LogP) is 4.51. The van der Waals surface area contributed by atoms with Crippen molar-refractivity contribution in [1.29, 1.82) is 0 Å². The lowest BCUT2D eigenvalue weighted by Crippen LogP contribution is -2.02. The Morgan fingerprint density at radius 1 is 0.920 bits per heavy atom. The summed E-state index contributed by atoms with van der Waals surface area (Å²) < 4.78 is 41.4. The Morgan fingerprint density at radius 2 is 1.64 bits per heavy atom. The van der Waals surface area contributed by atoms with Crippen LogP contribution in [0.1, 0.15) is 11.3 Å². The van der Waals surface area contributed by atoms with Crippen LogP contribution < -0.4 is 10.6 Å². The quantitative estimate of drug-likeness (QED) is 0.736. The van der Waals surface area contributed by atoms with Crippen LogP contribution in [-0.2, 0) is 13.1 Å². The van der Waals surface area contributed by atoms with E-state index in [0.29, 0.717) is 24.5 Å². The summed E-state index contributed by atoms with van der Waals surface area (Å²) in [5.74, 6) is -1.65. The number of nitrogens with one attached hydrogen (secondary N) is 2. The SMILES string of the molecule is Fc1ccc(Nc2cc(-c3c(F)cccc3F)nc3c2CNC3)cc1. The van der Waals surface area contributed by atoms with E-state index in [0.717, 1.165) is 11.3 Å². The molecule has 3 aromatic rings. The third kappa shape index (κ3) is 2.96. The molecule has 25 heavy (non-hydrogen) atoms. The number of pyridine rings is 1. The molecule has 0 fully saturated rings. The fraction of sp³-hybridized carbons (Fsp3) is 0.105. The molecule has 126 valence electrons. The molecule has 2 heterocycles. The second-order valence-corrected chi connectivity index (χ2v) is 5.81. The Kier molecular flexibility index (Phi) is 3.89. The van der Waals surface area contributed by atoms with Crippen molar-refractivity contribution in [3.05, 3.63) is 77.2 Å². The van der Waals surface area contributed by atoms with Crippen LogP contribution in [0.5, 0.6) is 0 Å². The maximum absolute atomic E-state index is 14.1. The first kappa shape index (κ1) is 15.7. The number of benzene rings is 2. The van der Waals surface area contributed by atoms with Gasteiger partial charge in [0.15, 0.2) is 0 Å². The van der Waals surface area contributed by atoms with E-state index in [4.69, 9.17) is 0 Å². The van der Waals surface area contributed by atoms with E-state index in [1.54, 1.807) is 18.2 Å². The van der Waals surface area contributed by atoms with Gasteiger partial charge >= 0.3 is 0 Å². The Labute approximate surface area is 142 Å². The molecule has 0 saturated carbocycles. The molecule has 3 nitrogen and oxygen atoms in total. The van der Waals surface area contributed by atoms with E-state index in [1.165, 1.54) is 30.3 Å². The predicted molar refractivity (Wildman–Crippen MR) is 89.8 cm³/mol. The van der Waals surface area contributed by atoms with Crippen LogP contribution in [0.3, 0.4) is 0 Å². The Balaban J connectivity index is 1.82. The monoisotopic (exact) mass is 341 g/mol. The second-order valence-electron chi connectivity index (χ2n) is 5.81. The summed E-state index contributed by atoms with van der Waals surface area (Å²) in [5, 5.41) is 6.37. The number of halogens is 3. The highest BCUT2D eigenvalue weighted by molar-refractivity contribution is 5.72. The highest BCUT2D eigenvalue weighted by atomic mass is 19.1. The molecule has 4 rings (SSSR count). The van der Waals surface area contributed by atoms with Gasteiger partial charge in [-0.05, 0) is 42.5 Å². The highest BCUT2D eigenvalue weighted by Crippen LogP contribution is 2.33. The molecule has 1 aliphatic heterocycles. The molecular weight excluding hydrogens is 327 g/mol. The van der Waals surface area contributed by atoms with Gasteiger partial charge < -0.3 is 10.6 Å². The van der Waals surface area contributed by atoms with Gasteiger partial charge in [0.2, 0.25) is 0 Å². The van der Waals surface area contributed by atoms with Crippen LogP contribution in [0.25, 0.3) is 11.3 Å². The highest BCUT2D eigenvalue weighted by Gasteiger charge is 2.21. The zero-order valence-electron chi connectivity index (χ0n) is 13.1. The minimum Gasteiger partial charge on any atom is -0.355 e. The van der Waals surface area contributed by atoms with Crippen molar-refractivity contribution in [2.45, 2.75) is 13.1 Å². The van der Waals surface area contributed by atoms with Crippen LogP contribution in [-0.4, -0.2) is 4.98 Å². The summed E-state index contributed by atoms with van der Waals surface area (Å²) in [6.07, 6.45) is 0. The molecule has 0 spiro atoms. The number of fused-ring (bicyclic) bond motifs is 1. The fourth-order valence-corrected chi connectivity index (χ4v) is 2.94. The molecule has 1 aromatic heterocycles. The molecule has 0 atom stereocenters. The van der Waals surface area contributed by atoms with Crippen molar-refractivity contribution in [2.24, 2.45) is 0 Å². The van der Waals surface area contributed by atoms with Gasteiger partial charge in [0.05, 0.1) is 17.0 Å². The van der Waals surface area contributed by atoms with Crippen LogP contribution in [0.15, 0.2) is 48.5 Å². The second kappa shape index (κ2) is 6.22. The van der Waals surface area contributed by atoms with E-state index in [-0.39, 0.29) is 17.1 Å². The lowest BCUT2D eigenvalue weighted by molar-refractivity contribution is 0.588. The van der Waals surface area contributed by atoms with Gasteiger partial charge in [-0.1, -0.05) is 6.07 Å². The van der Waals surface area contributed by atoms with Crippen molar-refractivity contribution < 1.29 is 13.2 Å². The van der Waals surface area contributed by atoms with E-state index in [2.05, 4.69) is 15.6 Å². The number of rotatable bonds is 3. The largest absolute Gasteiger partial charge is 0.355 e. The summed E-state index contributed by atoms with van der Waals surface area (Å²) in [6.45, 7) is 1.13. The summed E-state index contributed by atoms with van der Waals surface area (Å²) in [4.78, 5) is 4.42. The van der Waals surface area contributed by atoms with Gasteiger partial charge in [-0.15, -0.1) is 0 Å². The number of nitrogens with zero attached hydrogens (tertiary/aromatic N) is 1. The van der Waals surface area contributed by atoms with E-state index < -0.39 is 11.6 Å². The lowest BCUT2D eigenvalue weighted by Gasteiger charge is -2.14. The van der Waals surface area contributed by atoms with Gasteiger partial charge in [-0.3, -0.25) is 4.98 Å². The van der Waals surface area contributed by atoms with Crippen molar-refractivity contribution >= 4 is 11.4 Å². The maximum Gasteiger partial charge on any atom is 0.135 e. The summed E-state index contributed by atoms with van der Waals surface area (Å²) in [6, 6.07) is 11.3. The van der Waals surface area contributed by atoms with E-state index in [9.17, 15) is 13.2 Å². The number of hydrogen-bond donors (Lipinski definition) is 2. The minimum atomic E-state index is -0.661. The molecule has 2 N–H and O–H groups in total. The summed E-state index contributed by atoms with van der Waals surface area (Å²) in [5.41, 5.74) is 3.12. The molecular formula is C19H14F3N3. The molecule has 6 heteroatoms. The third-order valence-corrected chi connectivity index (χ3v) is 4.15.